The van der Waals surface area contributed by atoms with E-state index >= 15 is 0 Å². The Hall–Kier alpha value is -0.870. The van der Waals surface area contributed by atoms with Gasteiger partial charge in [-0.05, 0) is 50.7 Å². The summed E-state index contributed by atoms with van der Waals surface area (Å²) in [5.41, 5.74) is 5.45. The Morgan fingerprint density at radius 1 is 1.48 bits per heavy atom. The van der Waals surface area contributed by atoms with E-state index in [0.717, 1.165) is 64.5 Å². The highest BCUT2D eigenvalue weighted by atomic mass is 127. The molecule has 0 aliphatic carbocycles. The molecule has 1 amide bonds. The number of rotatable bonds is 9. The first-order valence-electron chi connectivity index (χ1n) is 9.67. The predicted molar refractivity (Wildman–Crippen MR) is 125 cm³/mol. The molecule has 2 atom stereocenters. The van der Waals surface area contributed by atoms with Crippen LogP contribution in [-0.2, 0) is 4.79 Å². The number of carbonyl (C=O) groups excluding carboxylic acids is 1. The fourth-order valence-corrected chi connectivity index (χ4v) is 4.01. The second-order valence-electron chi connectivity index (χ2n) is 6.96. The zero-order valence-electron chi connectivity index (χ0n) is 16.4. The SMILES string of the molecule is CCNC(=NCC(C)c1cccs1)NCCCN1CCCC(C(N)=O)C1.I. The lowest BCUT2D eigenvalue weighted by Crippen LogP contribution is -2.43. The lowest BCUT2D eigenvalue weighted by Gasteiger charge is -2.31. The van der Waals surface area contributed by atoms with Crippen LogP contribution >= 0.6 is 35.3 Å². The molecule has 1 aromatic rings. The number of carbonyl (C=O) groups is 1. The molecule has 1 saturated heterocycles. The van der Waals surface area contributed by atoms with Gasteiger partial charge in [-0.1, -0.05) is 13.0 Å². The van der Waals surface area contributed by atoms with Crippen molar-refractivity contribution in [1.82, 2.24) is 15.5 Å². The highest BCUT2D eigenvalue weighted by molar-refractivity contribution is 14.0. The van der Waals surface area contributed by atoms with E-state index in [4.69, 9.17) is 10.7 Å². The van der Waals surface area contributed by atoms with Crippen molar-refractivity contribution >= 4 is 47.2 Å². The molecule has 1 fully saturated rings. The van der Waals surface area contributed by atoms with Crippen LogP contribution in [0.15, 0.2) is 22.5 Å². The first-order valence-corrected chi connectivity index (χ1v) is 10.5. The normalized spacial score (nSPS) is 19.2. The van der Waals surface area contributed by atoms with E-state index in [1.165, 1.54) is 4.88 Å². The third-order valence-electron chi connectivity index (χ3n) is 4.75. The van der Waals surface area contributed by atoms with Gasteiger partial charge in [0.15, 0.2) is 5.96 Å². The molecule has 2 rings (SSSR count). The summed E-state index contributed by atoms with van der Waals surface area (Å²) in [5.74, 6) is 1.18. The van der Waals surface area contributed by atoms with Gasteiger partial charge in [0, 0.05) is 30.4 Å². The molecule has 0 spiro atoms. The summed E-state index contributed by atoms with van der Waals surface area (Å²) in [7, 11) is 0. The lowest BCUT2D eigenvalue weighted by atomic mass is 9.97. The maximum absolute atomic E-state index is 11.4. The maximum atomic E-state index is 11.4. The molecular weight excluding hydrogens is 473 g/mol. The summed E-state index contributed by atoms with van der Waals surface area (Å²) < 4.78 is 0. The molecule has 0 bridgehead atoms. The van der Waals surface area contributed by atoms with E-state index < -0.39 is 0 Å². The lowest BCUT2D eigenvalue weighted by molar-refractivity contribution is -0.123. The predicted octanol–water partition coefficient (Wildman–Crippen LogP) is 2.61. The van der Waals surface area contributed by atoms with Crippen molar-refractivity contribution in [3.05, 3.63) is 22.4 Å². The Kier molecular flexibility index (Phi) is 11.9. The minimum Gasteiger partial charge on any atom is -0.369 e. The van der Waals surface area contributed by atoms with Gasteiger partial charge in [-0.15, -0.1) is 35.3 Å². The van der Waals surface area contributed by atoms with Gasteiger partial charge in [0.1, 0.15) is 0 Å². The van der Waals surface area contributed by atoms with Crippen molar-refractivity contribution in [2.24, 2.45) is 16.6 Å². The highest BCUT2D eigenvalue weighted by Gasteiger charge is 2.23. The fourth-order valence-electron chi connectivity index (χ4n) is 3.23. The quantitative estimate of drug-likeness (QED) is 0.208. The smallest absolute Gasteiger partial charge is 0.221 e. The molecule has 1 aromatic heterocycles. The van der Waals surface area contributed by atoms with Crippen molar-refractivity contribution < 1.29 is 4.79 Å². The Balaban J connectivity index is 0.00000364. The van der Waals surface area contributed by atoms with Gasteiger partial charge in [0.2, 0.25) is 5.91 Å². The Bertz CT molecular complexity index is 566. The summed E-state index contributed by atoms with van der Waals surface area (Å²) in [6.45, 7) is 9.66. The largest absolute Gasteiger partial charge is 0.369 e. The van der Waals surface area contributed by atoms with Crippen LogP contribution < -0.4 is 16.4 Å². The van der Waals surface area contributed by atoms with E-state index in [1.807, 2.05) is 0 Å². The van der Waals surface area contributed by atoms with Crippen LogP contribution in [0.5, 0.6) is 0 Å². The van der Waals surface area contributed by atoms with Crippen molar-refractivity contribution in [3.8, 4) is 0 Å². The van der Waals surface area contributed by atoms with Crippen molar-refractivity contribution in [2.45, 2.75) is 39.0 Å². The summed E-state index contributed by atoms with van der Waals surface area (Å²) in [6, 6.07) is 4.26. The maximum Gasteiger partial charge on any atom is 0.221 e. The number of likely N-dealkylation sites (tertiary alicyclic amines) is 1. The van der Waals surface area contributed by atoms with Crippen LogP contribution in [0.2, 0.25) is 0 Å². The van der Waals surface area contributed by atoms with E-state index in [2.05, 4.69) is 46.9 Å². The van der Waals surface area contributed by atoms with Crippen molar-refractivity contribution in [2.75, 3.05) is 39.3 Å². The Morgan fingerprint density at radius 2 is 2.30 bits per heavy atom. The summed E-state index contributed by atoms with van der Waals surface area (Å²) in [6.07, 6.45) is 3.02. The third-order valence-corrected chi connectivity index (χ3v) is 5.85. The van der Waals surface area contributed by atoms with Crippen LogP contribution in [0.3, 0.4) is 0 Å². The zero-order valence-corrected chi connectivity index (χ0v) is 19.6. The average Bonchev–Trinajstić information content (AvgIpc) is 3.18. The van der Waals surface area contributed by atoms with E-state index in [0.29, 0.717) is 5.92 Å². The standard InChI is InChI=1S/C19H33N5OS.HI/c1-3-21-19(23-13-15(2)17-8-5-12-26-17)22-9-6-11-24-10-4-7-16(14-24)18(20)25;/h5,8,12,15-16H,3-4,6-7,9-11,13-14H2,1-2H3,(H2,20,25)(H2,21,22,23);1H. The molecule has 2 unspecified atom stereocenters. The number of piperidine rings is 1. The first kappa shape index (κ1) is 24.2. The molecule has 154 valence electrons. The molecule has 0 aromatic carbocycles. The van der Waals surface area contributed by atoms with Gasteiger partial charge in [-0.25, -0.2) is 0 Å². The highest BCUT2D eigenvalue weighted by Crippen LogP contribution is 2.20. The number of halogens is 1. The van der Waals surface area contributed by atoms with E-state index in [9.17, 15) is 4.79 Å². The fraction of sp³-hybridized carbons (Fsp3) is 0.684. The topological polar surface area (TPSA) is 82.8 Å². The summed E-state index contributed by atoms with van der Waals surface area (Å²) >= 11 is 1.79. The number of aliphatic imine (C=N–C) groups is 1. The van der Waals surface area contributed by atoms with Gasteiger partial charge in [0.05, 0.1) is 12.5 Å². The van der Waals surface area contributed by atoms with Crippen molar-refractivity contribution in [1.29, 1.82) is 0 Å². The zero-order chi connectivity index (χ0) is 18.8. The molecule has 2 heterocycles. The molecule has 1 aliphatic rings. The van der Waals surface area contributed by atoms with Crippen LogP contribution in [0.25, 0.3) is 0 Å². The van der Waals surface area contributed by atoms with Crippen LogP contribution in [0.4, 0.5) is 0 Å². The molecule has 4 N–H and O–H groups in total. The number of thiophene rings is 1. The summed E-state index contributed by atoms with van der Waals surface area (Å²) in [4.78, 5) is 19.8. The van der Waals surface area contributed by atoms with Gasteiger partial charge in [-0.2, -0.15) is 0 Å². The molecule has 0 radical (unpaired) electrons. The Morgan fingerprint density at radius 3 is 2.96 bits per heavy atom. The third kappa shape index (κ3) is 8.78. The van der Waals surface area contributed by atoms with Crippen molar-refractivity contribution in [3.63, 3.8) is 0 Å². The van der Waals surface area contributed by atoms with Gasteiger partial charge in [0.25, 0.3) is 0 Å². The van der Waals surface area contributed by atoms with Gasteiger partial charge >= 0.3 is 0 Å². The number of guanidine groups is 1. The number of hydrogen-bond acceptors (Lipinski definition) is 4. The average molecular weight is 507 g/mol. The molecule has 1 aliphatic heterocycles. The number of nitrogens with one attached hydrogen (secondary N) is 2. The Labute approximate surface area is 184 Å². The van der Waals surface area contributed by atoms with E-state index in [1.54, 1.807) is 11.3 Å². The van der Waals surface area contributed by atoms with Crippen LogP contribution in [0, 0.1) is 5.92 Å². The molecule has 8 heteroatoms. The van der Waals surface area contributed by atoms with Crippen LogP contribution in [0.1, 0.15) is 43.9 Å². The number of nitrogens with zero attached hydrogens (tertiary/aromatic N) is 2. The van der Waals surface area contributed by atoms with E-state index in [-0.39, 0.29) is 35.8 Å². The summed E-state index contributed by atoms with van der Waals surface area (Å²) in [5, 5.41) is 8.84. The van der Waals surface area contributed by atoms with Crippen LogP contribution in [-0.4, -0.2) is 56.0 Å². The van der Waals surface area contributed by atoms with Gasteiger partial charge < -0.3 is 21.3 Å². The molecular formula is C19H34IN5OS. The molecule has 6 nitrogen and oxygen atoms in total. The molecule has 0 saturated carbocycles. The van der Waals surface area contributed by atoms with Gasteiger partial charge in [-0.3, -0.25) is 9.79 Å². The minimum absolute atomic E-state index is 0. The molecule has 27 heavy (non-hydrogen) atoms. The number of primary amides is 1. The second-order valence-corrected chi connectivity index (χ2v) is 7.94. The first-order chi connectivity index (χ1) is 12.6. The second kappa shape index (κ2) is 13.3. The number of amides is 1. The minimum atomic E-state index is -0.158. The monoisotopic (exact) mass is 507 g/mol. The number of hydrogen-bond donors (Lipinski definition) is 3. The number of nitrogens with two attached hydrogens (primary N) is 1.